The lowest BCUT2D eigenvalue weighted by atomic mass is 10.0. The number of hydrogen-bond donors (Lipinski definition) is 3. The molecule has 3 aromatic heterocycles. The molecule has 0 spiro atoms. The summed E-state index contributed by atoms with van der Waals surface area (Å²) < 4.78 is 3.43. The zero-order chi connectivity index (χ0) is 30.1. The number of aliphatic carboxylic acids is 2. The van der Waals surface area contributed by atoms with Crippen LogP contribution in [-0.4, -0.2) is 77.5 Å². The number of carboxylic acids is 2. The molecule has 0 aromatic carbocycles. The van der Waals surface area contributed by atoms with E-state index in [4.69, 9.17) is 27.3 Å². The highest BCUT2D eigenvalue weighted by Gasteiger charge is 2.53. The third-order valence-corrected chi connectivity index (χ3v) is 8.66. The summed E-state index contributed by atoms with van der Waals surface area (Å²) in [5, 5.41) is 30.8. The fraction of sp³-hybridized carbons (Fsp3) is 0.250. The Hall–Kier alpha value is -4.48. The lowest BCUT2D eigenvalue weighted by molar-refractivity contribution is -0.689. The fourth-order valence-corrected chi connectivity index (χ4v) is 6.45. The number of hydrogen-bond acceptors (Lipinski definition) is 12. The van der Waals surface area contributed by atoms with Crippen LogP contribution < -0.4 is 20.7 Å². The van der Waals surface area contributed by atoms with Crippen molar-refractivity contribution < 1.29 is 38.8 Å². The minimum Gasteiger partial charge on any atom is -0.543 e. The molecule has 18 heteroatoms. The number of rotatable bonds is 10. The molecule has 218 valence electrons. The Morgan fingerprint density at radius 1 is 1.38 bits per heavy atom. The number of β-lactam (4-membered cyclic amide) rings is 1. The van der Waals surface area contributed by atoms with Crippen molar-refractivity contribution in [3.63, 3.8) is 0 Å². The van der Waals surface area contributed by atoms with Gasteiger partial charge in [-0.15, -0.1) is 11.8 Å². The summed E-state index contributed by atoms with van der Waals surface area (Å²) in [6.45, 7) is 1.38. The highest BCUT2D eigenvalue weighted by atomic mass is 35.5. The molecule has 1 fully saturated rings. The van der Waals surface area contributed by atoms with Gasteiger partial charge in [0.05, 0.1) is 17.4 Å². The summed E-state index contributed by atoms with van der Waals surface area (Å²) in [5.74, 6) is -4.25. The first-order chi connectivity index (χ1) is 20.0. The van der Waals surface area contributed by atoms with Crippen LogP contribution in [0.3, 0.4) is 0 Å². The Kier molecular flexibility index (Phi) is 8.15. The number of carboxylic acid groups (broad SMARTS) is 2. The van der Waals surface area contributed by atoms with Crippen LogP contribution >= 0.6 is 34.7 Å². The van der Waals surface area contributed by atoms with Gasteiger partial charge in [-0.25, -0.2) is 19.0 Å². The van der Waals surface area contributed by atoms with Gasteiger partial charge >= 0.3 is 5.97 Å². The average Bonchev–Trinajstić information content (AvgIpc) is 3.61. The number of thiazole rings is 1. The van der Waals surface area contributed by atoms with Crippen LogP contribution in [0.15, 0.2) is 59.4 Å². The van der Waals surface area contributed by atoms with Crippen LogP contribution in [0.4, 0.5) is 5.13 Å². The molecule has 42 heavy (non-hydrogen) atoms. The van der Waals surface area contributed by atoms with Crippen molar-refractivity contribution in [1.82, 2.24) is 25.0 Å². The molecule has 0 unspecified atom stereocenters. The zero-order valence-electron chi connectivity index (χ0n) is 21.5. The Balaban J connectivity index is 1.34. The molecule has 4 N–H and O–H groups in total. The molecule has 5 heterocycles. The summed E-state index contributed by atoms with van der Waals surface area (Å²) in [7, 11) is 0. The van der Waals surface area contributed by atoms with Crippen molar-refractivity contribution in [2.24, 2.45) is 5.16 Å². The van der Waals surface area contributed by atoms with E-state index in [1.165, 1.54) is 18.7 Å². The highest BCUT2D eigenvalue weighted by molar-refractivity contribution is 8.00. The maximum Gasteiger partial charge on any atom is 0.347 e. The topological polar surface area (TPSA) is 209 Å². The Morgan fingerprint density at radius 3 is 2.71 bits per heavy atom. The van der Waals surface area contributed by atoms with Crippen molar-refractivity contribution >= 4 is 69.3 Å². The van der Waals surface area contributed by atoms with Gasteiger partial charge in [-0.2, -0.15) is 5.10 Å². The van der Waals surface area contributed by atoms with E-state index in [1.54, 1.807) is 40.1 Å². The van der Waals surface area contributed by atoms with E-state index in [-0.39, 0.29) is 33.2 Å². The molecule has 2 aliphatic heterocycles. The molecular formula is C24H21ClN8O7S2. The number of halogens is 1. The molecule has 2 amide bonds. The molecule has 0 saturated carbocycles. The maximum atomic E-state index is 13.2. The molecule has 0 aliphatic carbocycles. The summed E-state index contributed by atoms with van der Waals surface area (Å²) in [4.78, 5) is 59.6. The predicted molar refractivity (Wildman–Crippen MR) is 147 cm³/mol. The van der Waals surface area contributed by atoms with Crippen molar-refractivity contribution in [3.05, 3.63) is 64.3 Å². The summed E-state index contributed by atoms with van der Waals surface area (Å²) in [6.07, 6.45) is 5.56. The van der Waals surface area contributed by atoms with E-state index >= 15 is 0 Å². The number of nitrogens with two attached hydrogens (primary N) is 1. The van der Waals surface area contributed by atoms with E-state index in [2.05, 4.69) is 20.6 Å². The first-order valence-corrected chi connectivity index (χ1v) is 14.4. The number of fused-ring (bicyclic) bond motifs is 1. The minimum atomic E-state index is -1.52. The van der Waals surface area contributed by atoms with Gasteiger partial charge in [0.25, 0.3) is 11.8 Å². The Bertz CT molecular complexity index is 1620. The maximum absolute atomic E-state index is 13.2. The van der Waals surface area contributed by atoms with E-state index < -0.39 is 47.0 Å². The molecule has 2 aliphatic rings. The molecule has 5 rings (SSSR count). The number of anilines is 1. The lowest BCUT2D eigenvalue weighted by Crippen LogP contribution is -2.71. The van der Waals surface area contributed by atoms with Gasteiger partial charge in [-0.1, -0.05) is 28.1 Å². The molecular weight excluding hydrogens is 612 g/mol. The fourth-order valence-electron chi connectivity index (χ4n) is 4.18. The smallest absolute Gasteiger partial charge is 0.347 e. The molecule has 15 nitrogen and oxygen atoms in total. The molecule has 0 radical (unpaired) electrons. The van der Waals surface area contributed by atoms with Crippen LogP contribution in [0.25, 0.3) is 5.69 Å². The van der Waals surface area contributed by atoms with Gasteiger partial charge in [-0.3, -0.25) is 14.5 Å². The second-order valence-corrected chi connectivity index (χ2v) is 11.7. The van der Waals surface area contributed by atoms with E-state index in [1.807, 2.05) is 12.1 Å². The van der Waals surface area contributed by atoms with E-state index in [9.17, 15) is 24.3 Å². The van der Waals surface area contributed by atoms with Crippen molar-refractivity contribution in [3.8, 4) is 5.69 Å². The number of carbonyl (C=O) groups excluding carboxylic acids is 3. The van der Waals surface area contributed by atoms with Crippen LogP contribution in [0.2, 0.25) is 4.34 Å². The minimum absolute atomic E-state index is 0.0106. The molecule has 0 bridgehead atoms. The first-order valence-electron chi connectivity index (χ1n) is 12.1. The van der Waals surface area contributed by atoms with E-state index in [0.717, 1.165) is 21.9 Å². The summed E-state index contributed by atoms with van der Waals surface area (Å²) >= 11 is 8.25. The molecule has 3 atom stereocenters. The quantitative estimate of drug-likeness (QED) is 0.108. The predicted octanol–water partition coefficient (Wildman–Crippen LogP) is -0.850. The third-order valence-electron chi connectivity index (χ3n) is 6.23. The number of aromatic nitrogens is 4. The first kappa shape index (κ1) is 29.0. The van der Waals surface area contributed by atoms with Crippen LogP contribution in [0.1, 0.15) is 12.6 Å². The number of amides is 2. The van der Waals surface area contributed by atoms with Crippen molar-refractivity contribution in [1.29, 1.82) is 0 Å². The largest absolute Gasteiger partial charge is 0.543 e. The van der Waals surface area contributed by atoms with Gasteiger partial charge in [0.1, 0.15) is 21.4 Å². The molecule has 3 aromatic rings. The van der Waals surface area contributed by atoms with Crippen LogP contribution in [0.5, 0.6) is 0 Å². The van der Waals surface area contributed by atoms with Crippen LogP contribution in [0, 0.1) is 0 Å². The van der Waals surface area contributed by atoms with Crippen molar-refractivity contribution in [2.45, 2.75) is 31.0 Å². The number of nitrogens with zero attached hydrogens (tertiary/aromatic N) is 6. The zero-order valence-corrected chi connectivity index (χ0v) is 23.9. The number of pyridine rings is 1. The van der Waals surface area contributed by atoms with Crippen LogP contribution in [-0.2, 0) is 30.6 Å². The number of nitrogen functional groups attached to an aromatic ring is 1. The third kappa shape index (κ3) is 5.65. The number of oxime groups is 1. The second kappa shape index (κ2) is 11.8. The SMILES string of the molecule is C[C@H](O/N=C(\C(=O)N[C@@H]1C(=O)N2C(C(=O)[O-])=C(C[n+]3ccc(-n4cccn4)cc3)CS[C@H]12)c1nc(N)sc1Cl)C(=O)O. The van der Waals surface area contributed by atoms with Gasteiger partial charge in [0.2, 0.25) is 6.10 Å². The standard InChI is InChI=1S/C24H21ClN8O7S2/c1-11(22(36)37)40-30-15(14-18(25)42-24(26)29-14)19(34)28-16-20(35)33-17(23(38)39)12(10-41-21(16)33)9-31-7-3-13(4-8-31)32-6-2-5-27-32/h2-8,11,16,21H,9-10H2,1H3,(H4-,26,28,29,34,36,37,38,39)/b30-15-/t11-,16+,21+/m0/s1. The summed E-state index contributed by atoms with van der Waals surface area (Å²) in [5.41, 5.74) is 6.01. The average molecular weight is 633 g/mol. The summed E-state index contributed by atoms with van der Waals surface area (Å²) in [6, 6.07) is 4.29. The number of thioether (sulfide) groups is 1. The number of nitrogens with one attached hydrogen (secondary N) is 1. The second-order valence-electron chi connectivity index (χ2n) is 8.98. The van der Waals surface area contributed by atoms with Gasteiger partial charge in [-0.05, 0) is 13.0 Å². The monoisotopic (exact) mass is 632 g/mol. The van der Waals surface area contributed by atoms with Gasteiger partial charge < -0.3 is 30.9 Å². The molecule has 1 saturated heterocycles. The Labute approximate surface area is 250 Å². The van der Waals surface area contributed by atoms with Gasteiger partial charge in [0.15, 0.2) is 29.8 Å². The Morgan fingerprint density at radius 2 is 2.12 bits per heavy atom. The highest BCUT2D eigenvalue weighted by Crippen LogP contribution is 2.40. The lowest BCUT2D eigenvalue weighted by Gasteiger charge is -2.50. The van der Waals surface area contributed by atoms with Crippen molar-refractivity contribution in [2.75, 3.05) is 11.5 Å². The van der Waals surface area contributed by atoms with Gasteiger partial charge in [0, 0.05) is 35.9 Å². The number of carbonyl (C=O) groups is 4. The normalized spacial score (nSPS) is 19.1. The van der Waals surface area contributed by atoms with E-state index in [0.29, 0.717) is 5.57 Å².